The van der Waals surface area contributed by atoms with Gasteiger partial charge in [0.25, 0.3) is 5.91 Å². The number of imidazole rings is 1. The van der Waals surface area contributed by atoms with Crippen molar-refractivity contribution in [1.29, 1.82) is 0 Å². The summed E-state index contributed by atoms with van der Waals surface area (Å²) in [6.45, 7) is 4.21. The lowest BCUT2D eigenvalue weighted by Gasteiger charge is -2.08. The molecular formula is C26H28N6O3. The number of carbonyl (C=O) groups excluding carboxylic acids is 2. The van der Waals surface area contributed by atoms with Crippen molar-refractivity contribution in [3.8, 4) is 11.5 Å². The average Bonchev–Trinajstić information content (AvgIpc) is 3.16. The van der Waals surface area contributed by atoms with E-state index < -0.39 is 0 Å². The van der Waals surface area contributed by atoms with Crippen molar-refractivity contribution in [1.82, 2.24) is 25.2 Å². The lowest BCUT2D eigenvalue weighted by Crippen LogP contribution is -2.33. The summed E-state index contributed by atoms with van der Waals surface area (Å²) in [6.07, 6.45) is 2.51. The Morgan fingerprint density at radius 3 is 2.46 bits per heavy atom. The fraction of sp³-hybridized carbons (Fsp3) is 0.231. The lowest BCUT2D eigenvalue weighted by molar-refractivity contribution is -0.118. The van der Waals surface area contributed by atoms with Crippen LogP contribution in [0.25, 0.3) is 11.0 Å². The highest BCUT2D eigenvalue weighted by atomic mass is 16.5. The van der Waals surface area contributed by atoms with Gasteiger partial charge in [-0.15, -0.1) is 0 Å². The Bertz CT molecular complexity index is 1350. The van der Waals surface area contributed by atoms with Crippen molar-refractivity contribution in [2.75, 3.05) is 18.4 Å². The Hall–Kier alpha value is -4.40. The Kier molecular flexibility index (Phi) is 7.25. The van der Waals surface area contributed by atoms with Gasteiger partial charge in [0, 0.05) is 51.1 Å². The molecule has 3 N–H and O–H groups in total. The second kappa shape index (κ2) is 10.7. The minimum absolute atomic E-state index is 0.147. The number of anilines is 2. The molecular weight excluding hydrogens is 444 g/mol. The van der Waals surface area contributed by atoms with E-state index in [1.807, 2.05) is 41.9 Å². The number of pyridine rings is 1. The summed E-state index contributed by atoms with van der Waals surface area (Å²) >= 11 is 0. The van der Waals surface area contributed by atoms with E-state index in [1.165, 1.54) is 18.7 Å². The predicted molar refractivity (Wildman–Crippen MR) is 135 cm³/mol. The first-order valence-corrected chi connectivity index (χ1v) is 11.4. The molecule has 4 aromatic rings. The van der Waals surface area contributed by atoms with Crippen LogP contribution in [-0.4, -0.2) is 39.4 Å². The van der Waals surface area contributed by atoms with Crippen molar-refractivity contribution < 1.29 is 14.3 Å². The Balaban J connectivity index is 1.45. The molecule has 0 aliphatic carbocycles. The second-order valence-electron chi connectivity index (χ2n) is 8.04. The number of amides is 2. The molecule has 0 unspecified atom stereocenters. The third-order valence-corrected chi connectivity index (χ3v) is 5.45. The molecule has 180 valence electrons. The largest absolute Gasteiger partial charge is 0.457 e. The molecule has 2 aromatic heterocycles. The van der Waals surface area contributed by atoms with Gasteiger partial charge < -0.3 is 25.3 Å². The maximum absolute atomic E-state index is 12.3. The van der Waals surface area contributed by atoms with Gasteiger partial charge in [-0.2, -0.15) is 0 Å². The Morgan fingerprint density at radius 2 is 1.71 bits per heavy atom. The van der Waals surface area contributed by atoms with Gasteiger partial charge >= 0.3 is 0 Å². The number of carbonyl (C=O) groups is 2. The van der Waals surface area contributed by atoms with E-state index in [2.05, 4.69) is 40.0 Å². The van der Waals surface area contributed by atoms with Crippen LogP contribution in [0.2, 0.25) is 0 Å². The van der Waals surface area contributed by atoms with Crippen LogP contribution in [0.5, 0.6) is 11.5 Å². The number of aromatic nitrogens is 3. The lowest BCUT2D eigenvalue weighted by atomic mass is 10.1. The van der Waals surface area contributed by atoms with E-state index in [-0.39, 0.29) is 17.5 Å². The quantitative estimate of drug-likeness (QED) is 0.318. The first-order valence-electron chi connectivity index (χ1n) is 11.4. The van der Waals surface area contributed by atoms with Gasteiger partial charge in [-0.05, 0) is 42.3 Å². The Labute approximate surface area is 203 Å². The summed E-state index contributed by atoms with van der Waals surface area (Å²) < 4.78 is 7.97. The number of benzene rings is 2. The van der Waals surface area contributed by atoms with Gasteiger partial charge in [0.05, 0.1) is 11.0 Å². The fourth-order valence-electron chi connectivity index (χ4n) is 3.55. The maximum atomic E-state index is 12.3. The SMILES string of the molecule is CCc1ccc(Nc2nc3cc(Oc4ccnc(C(=O)NCCNC(C)=O)c4)ccc3n2C)cc1. The van der Waals surface area contributed by atoms with Crippen LogP contribution in [-0.2, 0) is 18.3 Å². The summed E-state index contributed by atoms with van der Waals surface area (Å²) in [7, 11) is 1.96. The molecule has 0 spiro atoms. The summed E-state index contributed by atoms with van der Waals surface area (Å²) in [5, 5.41) is 8.70. The smallest absolute Gasteiger partial charge is 0.270 e. The number of fused-ring (bicyclic) bond motifs is 1. The van der Waals surface area contributed by atoms with Gasteiger partial charge in [-0.1, -0.05) is 19.1 Å². The molecule has 35 heavy (non-hydrogen) atoms. The molecule has 0 saturated carbocycles. The van der Waals surface area contributed by atoms with E-state index in [0.29, 0.717) is 24.6 Å². The van der Waals surface area contributed by atoms with E-state index >= 15 is 0 Å². The topological polar surface area (TPSA) is 110 Å². The van der Waals surface area contributed by atoms with Crippen LogP contribution < -0.4 is 20.7 Å². The van der Waals surface area contributed by atoms with E-state index in [9.17, 15) is 9.59 Å². The minimum Gasteiger partial charge on any atom is -0.457 e. The molecule has 0 aliphatic heterocycles. The monoisotopic (exact) mass is 472 g/mol. The standard InChI is InChI=1S/C26H28N6O3/c1-4-18-5-7-19(8-6-18)30-26-31-22-15-20(9-10-24(22)32(26)3)35-21-11-12-28-23(16-21)25(34)29-14-13-27-17(2)33/h5-12,15-16H,4,13-14H2,1-3H3,(H,27,33)(H,29,34)(H,30,31). The third-order valence-electron chi connectivity index (χ3n) is 5.45. The summed E-state index contributed by atoms with van der Waals surface area (Å²) in [5.41, 5.74) is 4.22. The van der Waals surface area contributed by atoms with Crippen molar-refractivity contribution in [3.63, 3.8) is 0 Å². The van der Waals surface area contributed by atoms with Crippen molar-refractivity contribution in [2.45, 2.75) is 20.3 Å². The van der Waals surface area contributed by atoms with Crippen LogP contribution in [0.1, 0.15) is 29.9 Å². The van der Waals surface area contributed by atoms with E-state index in [4.69, 9.17) is 9.72 Å². The summed E-state index contributed by atoms with van der Waals surface area (Å²) in [5.74, 6) is 1.31. The zero-order valence-electron chi connectivity index (χ0n) is 20.0. The van der Waals surface area contributed by atoms with Gasteiger partial charge in [-0.25, -0.2) is 4.98 Å². The molecule has 4 rings (SSSR count). The average molecular weight is 473 g/mol. The number of nitrogens with one attached hydrogen (secondary N) is 3. The van der Waals surface area contributed by atoms with Gasteiger partial charge in [-0.3, -0.25) is 14.6 Å². The molecule has 0 atom stereocenters. The highest BCUT2D eigenvalue weighted by Crippen LogP contribution is 2.28. The molecule has 2 amide bonds. The maximum Gasteiger partial charge on any atom is 0.270 e. The molecule has 0 bridgehead atoms. The molecule has 0 saturated heterocycles. The number of ether oxygens (including phenoxy) is 1. The molecule has 2 aromatic carbocycles. The molecule has 2 heterocycles. The fourth-order valence-corrected chi connectivity index (χ4v) is 3.55. The molecule has 0 fully saturated rings. The number of aryl methyl sites for hydroxylation is 2. The molecule has 9 heteroatoms. The van der Waals surface area contributed by atoms with Gasteiger partial charge in [0.15, 0.2) is 0 Å². The van der Waals surface area contributed by atoms with Crippen LogP contribution in [0, 0.1) is 0 Å². The second-order valence-corrected chi connectivity index (χ2v) is 8.04. The molecule has 9 nitrogen and oxygen atoms in total. The zero-order valence-corrected chi connectivity index (χ0v) is 20.0. The zero-order chi connectivity index (χ0) is 24.8. The highest BCUT2D eigenvalue weighted by Gasteiger charge is 2.12. The number of hydrogen-bond donors (Lipinski definition) is 3. The van der Waals surface area contributed by atoms with E-state index in [1.54, 1.807) is 12.1 Å². The molecule has 0 radical (unpaired) electrons. The van der Waals surface area contributed by atoms with Gasteiger partial charge in [0.2, 0.25) is 11.9 Å². The first-order chi connectivity index (χ1) is 16.9. The first kappa shape index (κ1) is 23.7. The summed E-state index contributed by atoms with van der Waals surface area (Å²) in [6, 6.07) is 17.2. The normalized spacial score (nSPS) is 10.7. The highest BCUT2D eigenvalue weighted by molar-refractivity contribution is 5.92. The van der Waals surface area contributed by atoms with Crippen LogP contribution >= 0.6 is 0 Å². The van der Waals surface area contributed by atoms with Crippen molar-refractivity contribution in [3.05, 3.63) is 72.1 Å². The number of rotatable bonds is 9. The van der Waals surface area contributed by atoms with Crippen LogP contribution in [0.3, 0.4) is 0 Å². The summed E-state index contributed by atoms with van der Waals surface area (Å²) in [4.78, 5) is 32.1. The van der Waals surface area contributed by atoms with Crippen LogP contribution in [0.4, 0.5) is 11.6 Å². The van der Waals surface area contributed by atoms with Crippen molar-refractivity contribution >= 4 is 34.5 Å². The number of hydrogen-bond acceptors (Lipinski definition) is 6. The third kappa shape index (κ3) is 5.94. The predicted octanol–water partition coefficient (Wildman–Crippen LogP) is 3.93. The van der Waals surface area contributed by atoms with E-state index in [0.717, 1.165) is 29.1 Å². The number of nitrogens with zero attached hydrogens (tertiary/aromatic N) is 3. The van der Waals surface area contributed by atoms with Crippen LogP contribution in [0.15, 0.2) is 60.8 Å². The molecule has 0 aliphatic rings. The van der Waals surface area contributed by atoms with Gasteiger partial charge in [0.1, 0.15) is 17.2 Å². The van der Waals surface area contributed by atoms with Crippen molar-refractivity contribution in [2.24, 2.45) is 7.05 Å². The minimum atomic E-state index is -0.344. The Morgan fingerprint density at radius 1 is 0.971 bits per heavy atom.